The molecule has 0 heterocycles. The summed E-state index contributed by atoms with van der Waals surface area (Å²) in [5.41, 5.74) is 5.92. The van der Waals surface area contributed by atoms with Crippen LogP contribution in [0.4, 0.5) is 0 Å². The van der Waals surface area contributed by atoms with E-state index in [4.69, 9.17) is 10.8 Å². The van der Waals surface area contributed by atoms with Gasteiger partial charge in [0.05, 0.1) is 16.1 Å². The first-order valence-electron chi connectivity index (χ1n) is 5.73. The maximum absolute atomic E-state index is 11.9. The molecule has 2 rings (SSSR count). The summed E-state index contributed by atoms with van der Waals surface area (Å²) in [5.74, 6) is -1.79. The molecule has 0 bridgehead atoms. The number of nitrogens with two attached hydrogens (primary N) is 1. The van der Waals surface area contributed by atoms with Gasteiger partial charge in [-0.05, 0) is 30.5 Å². The van der Waals surface area contributed by atoms with Crippen LogP contribution >= 0.6 is 0 Å². The molecule has 5 nitrogen and oxygen atoms in total. The fraction of sp³-hybridized carbons (Fsp3) is 0.417. The van der Waals surface area contributed by atoms with E-state index in [1.807, 2.05) is 0 Å². The van der Waals surface area contributed by atoms with Gasteiger partial charge >= 0.3 is 5.97 Å². The molecule has 1 saturated carbocycles. The van der Waals surface area contributed by atoms with Crippen molar-refractivity contribution in [3.05, 3.63) is 29.8 Å². The van der Waals surface area contributed by atoms with Crippen LogP contribution in [0.5, 0.6) is 0 Å². The lowest BCUT2D eigenvalue weighted by Crippen LogP contribution is -2.21. The van der Waals surface area contributed by atoms with E-state index in [0.717, 1.165) is 0 Å². The molecule has 6 heteroatoms. The number of rotatable bonds is 5. The van der Waals surface area contributed by atoms with Gasteiger partial charge in [-0.2, -0.15) is 0 Å². The summed E-state index contributed by atoms with van der Waals surface area (Å²) in [6.45, 7) is -0.00987. The molecule has 0 aromatic heterocycles. The van der Waals surface area contributed by atoms with Gasteiger partial charge in [-0.25, -0.2) is 8.42 Å². The lowest BCUT2D eigenvalue weighted by Gasteiger charge is -2.10. The Bertz CT molecular complexity index is 546. The van der Waals surface area contributed by atoms with Crippen LogP contribution in [0.3, 0.4) is 0 Å². The van der Waals surface area contributed by atoms with Gasteiger partial charge in [0.1, 0.15) is 0 Å². The van der Waals surface area contributed by atoms with E-state index < -0.39 is 21.7 Å². The Hall–Kier alpha value is -1.40. The fourth-order valence-corrected chi connectivity index (χ4v) is 3.50. The quantitative estimate of drug-likeness (QED) is 0.822. The molecule has 18 heavy (non-hydrogen) atoms. The van der Waals surface area contributed by atoms with Crippen molar-refractivity contribution in [3.63, 3.8) is 0 Å². The molecule has 98 valence electrons. The molecule has 1 aromatic rings. The predicted octanol–water partition coefficient (Wildman–Crippen LogP) is 0.750. The number of carbonyl (C=O) groups is 1. The summed E-state index contributed by atoms with van der Waals surface area (Å²) in [5, 5.41) is 8.70. The SMILES string of the molecule is NCC(C(=O)O)c1ccc(S(=O)(=O)C2CC2)cc1. The molecule has 1 unspecified atom stereocenters. The molecule has 3 N–H and O–H groups in total. The second kappa shape index (κ2) is 4.70. The highest BCUT2D eigenvalue weighted by atomic mass is 32.2. The fourth-order valence-electron chi connectivity index (χ4n) is 1.84. The van der Waals surface area contributed by atoms with Crippen LogP contribution in [0.15, 0.2) is 29.2 Å². The molecule has 1 aliphatic carbocycles. The van der Waals surface area contributed by atoms with Gasteiger partial charge in [-0.1, -0.05) is 12.1 Å². The third kappa shape index (κ3) is 2.39. The lowest BCUT2D eigenvalue weighted by molar-refractivity contribution is -0.138. The van der Waals surface area contributed by atoms with Crippen LogP contribution < -0.4 is 5.73 Å². The van der Waals surface area contributed by atoms with Crippen molar-refractivity contribution in [2.24, 2.45) is 5.73 Å². The molecular weight excluding hydrogens is 254 g/mol. The monoisotopic (exact) mass is 269 g/mol. The standard InChI is InChI=1S/C12H15NO4S/c13-7-11(12(14)15)8-1-3-9(4-2-8)18(16,17)10-5-6-10/h1-4,10-11H,5-7,13H2,(H,14,15). The number of aliphatic carboxylic acids is 1. The number of carboxylic acids is 1. The molecular formula is C12H15NO4S. The zero-order valence-electron chi connectivity index (χ0n) is 9.74. The zero-order chi connectivity index (χ0) is 13.3. The summed E-state index contributed by atoms with van der Waals surface area (Å²) in [7, 11) is -3.21. The van der Waals surface area contributed by atoms with Crippen LogP contribution in [0.2, 0.25) is 0 Å². The van der Waals surface area contributed by atoms with Crippen LogP contribution in [0.1, 0.15) is 24.3 Å². The summed E-state index contributed by atoms with van der Waals surface area (Å²) in [4.78, 5) is 11.2. The topological polar surface area (TPSA) is 97.5 Å². The minimum Gasteiger partial charge on any atom is -0.481 e. The average Bonchev–Trinajstić information content (AvgIpc) is 3.14. The first-order valence-corrected chi connectivity index (χ1v) is 7.28. The molecule has 1 fully saturated rings. The van der Waals surface area contributed by atoms with Crippen molar-refractivity contribution in [3.8, 4) is 0 Å². The van der Waals surface area contributed by atoms with Crippen molar-refractivity contribution >= 4 is 15.8 Å². The van der Waals surface area contributed by atoms with Gasteiger partial charge < -0.3 is 10.8 Å². The minimum absolute atomic E-state index is 0.00987. The first-order chi connectivity index (χ1) is 8.46. The van der Waals surface area contributed by atoms with Crippen LogP contribution in [0.25, 0.3) is 0 Å². The Morgan fingerprint density at radius 2 is 1.89 bits per heavy atom. The molecule has 1 atom stereocenters. The number of sulfone groups is 1. The molecule has 0 radical (unpaired) electrons. The highest BCUT2D eigenvalue weighted by Crippen LogP contribution is 2.33. The van der Waals surface area contributed by atoms with Crippen molar-refractivity contribution in [2.45, 2.75) is 28.9 Å². The number of benzene rings is 1. The first kappa shape index (κ1) is 13.0. The maximum atomic E-state index is 11.9. The molecule has 1 aliphatic rings. The molecule has 0 amide bonds. The summed E-state index contributed by atoms with van der Waals surface area (Å²) >= 11 is 0. The third-order valence-corrected chi connectivity index (χ3v) is 5.39. The minimum atomic E-state index is -3.21. The molecule has 1 aromatic carbocycles. The highest BCUT2D eigenvalue weighted by molar-refractivity contribution is 7.92. The number of hydrogen-bond acceptors (Lipinski definition) is 4. The normalized spacial score (nSPS) is 17.4. The van der Waals surface area contributed by atoms with Crippen molar-refractivity contribution < 1.29 is 18.3 Å². The van der Waals surface area contributed by atoms with Crippen molar-refractivity contribution in [2.75, 3.05) is 6.54 Å². The Morgan fingerprint density at radius 1 is 1.33 bits per heavy atom. The largest absolute Gasteiger partial charge is 0.481 e. The Labute approximate surface area is 106 Å². The number of hydrogen-bond donors (Lipinski definition) is 2. The van der Waals surface area contributed by atoms with E-state index in [2.05, 4.69) is 0 Å². The van der Waals surface area contributed by atoms with Crippen LogP contribution in [0, 0.1) is 0 Å². The highest BCUT2D eigenvalue weighted by Gasteiger charge is 2.36. The molecule has 0 aliphatic heterocycles. The van der Waals surface area contributed by atoms with Gasteiger partial charge in [-0.3, -0.25) is 4.79 Å². The Morgan fingerprint density at radius 3 is 2.28 bits per heavy atom. The third-order valence-electron chi connectivity index (χ3n) is 3.11. The van der Waals surface area contributed by atoms with E-state index in [-0.39, 0.29) is 16.7 Å². The van der Waals surface area contributed by atoms with Gasteiger partial charge in [0.25, 0.3) is 0 Å². The van der Waals surface area contributed by atoms with E-state index in [9.17, 15) is 13.2 Å². The summed E-state index contributed by atoms with van der Waals surface area (Å²) in [6, 6.07) is 5.99. The maximum Gasteiger partial charge on any atom is 0.312 e. The predicted molar refractivity (Wildman–Crippen MR) is 66.1 cm³/mol. The molecule has 0 spiro atoms. The van der Waals surface area contributed by atoms with Crippen LogP contribution in [-0.4, -0.2) is 31.3 Å². The zero-order valence-corrected chi connectivity index (χ0v) is 10.6. The van der Waals surface area contributed by atoms with E-state index in [1.54, 1.807) is 0 Å². The van der Waals surface area contributed by atoms with Gasteiger partial charge in [0.15, 0.2) is 9.84 Å². The van der Waals surface area contributed by atoms with Crippen molar-refractivity contribution in [1.82, 2.24) is 0 Å². The van der Waals surface area contributed by atoms with Gasteiger partial charge in [0, 0.05) is 6.54 Å². The van der Waals surface area contributed by atoms with Gasteiger partial charge in [0.2, 0.25) is 0 Å². The summed E-state index contributed by atoms with van der Waals surface area (Å²) < 4.78 is 23.9. The lowest BCUT2D eigenvalue weighted by atomic mass is 10.00. The Kier molecular flexibility index (Phi) is 3.41. The smallest absolute Gasteiger partial charge is 0.312 e. The van der Waals surface area contributed by atoms with Crippen LogP contribution in [-0.2, 0) is 14.6 Å². The van der Waals surface area contributed by atoms with Crippen molar-refractivity contribution in [1.29, 1.82) is 0 Å². The second-order valence-electron chi connectivity index (χ2n) is 4.44. The van der Waals surface area contributed by atoms with Gasteiger partial charge in [-0.15, -0.1) is 0 Å². The second-order valence-corrected chi connectivity index (χ2v) is 6.67. The summed E-state index contributed by atoms with van der Waals surface area (Å²) in [6.07, 6.45) is 1.43. The van der Waals surface area contributed by atoms with E-state index in [1.165, 1.54) is 24.3 Å². The van der Waals surface area contributed by atoms with E-state index in [0.29, 0.717) is 18.4 Å². The number of carboxylic acid groups (broad SMARTS) is 1. The molecule has 0 saturated heterocycles. The average molecular weight is 269 g/mol. The Balaban J connectivity index is 2.27. The van der Waals surface area contributed by atoms with E-state index >= 15 is 0 Å².